The van der Waals surface area contributed by atoms with Crippen LogP contribution < -0.4 is 10.9 Å². The number of aromatic amines is 1. The van der Waals surface area contributed by atoms with Crippen LogP contribution in [-0.4, -0.2) is 33.1 Å². The fourth-order valence-electron chi connectivity index (χ4n) is 2.64. The molecule has 2 aromatic rings. The number of rotatable bonds is 8. The Morgan fingerprint density at radius 2 is 2.12 bits per heavy atom. The first-order valence-electron chi connectivity index (χ1n) is 8.37. The molecule has 6 heteroatoms. The Labute approximate surface area is 141 Å². The first-order chi connectivity index (χ1) is 11.5. The molecule has 1 unspecified atom stereocenters. The molecule has 0 saturated heterocycles. The summed E-state index contributed by atoms with van der Waals surface area (Å²) in [4.78, 5) is 31.3. The van der Waals surface area contributed by atoms with Crippen molar-refractivity contribution in [1.82, 2.24) is 15.3 Å². The van der Waals surface area contributed by atoms with Gasteiger partial charge in [0.05, 0.1) is 10.9 Å². The van der Waals surface area contributed by atoms with E-state index in [0.29, 0.717) is 42.4 Å². The normalized spacial score (nSPS) is 13.6. The Morgan fingerprint density at radius 3 is 2.83 bits per heavy atom. The number of nitrogens with zero attached hydrogens (tertiary/aromatic N) is 1. The maximum Gasteiger partial charge on any atom is 0.258 e. The number of carbonyl (C=O) groups excluding carboxylic acids is 1. The summed E-state index contributed by atoms with van der Waals surface area (Å²) in [5.41, 5.74) is 0.144. The number of aromatic nitrogens is 2. The van der Waals surface area contributed by atoms with E-state index in [0.717, 1.165) is 6.42 Å². The quantitative estimate of drug-likeness (QED) is 0.688. The SMILES string of the molecule is CCC(C)(CCO)NC(=O)CCCc1nc2ccccc2c(=O)[nH]1. The van der Waals surface area contributed by atoms with Crippen LogP contribution in [0, 0.1) is 0 Å². The minimum atomic E-state index is -0.374. The molecule has 1 aromatic carbocycles. The number of carbonyl (C=O) groups is 1. The molecule has 0 bridgehead atoms. The van der Waals surface area contributed by atoms with Gasteiger partial charge in [-0.25, -0.2) is 4.98 Å². The van der Waals surface area contributed by atoms with Crippen molar-refractivity contribution in [3.63, 3.8) is 0 Å². The summed E-state index contributed by atoms with van der Waals surface area (Å²) in [6, 6.07) is 7.20. The summed E-state index contributed by atoms with van der Waals surface area (Å²) >= 11 is 0. The standard InChI is InChI=1S/C18H25N3O3/c1-3-18(2,11-12-22)21-16(23)10-6-9-15-19-14-8-5-4-7-13(14)17(24)20-15/h4-5,7-8,22H,3,6,9-12H2,1-2H3,(H,21,23)(H,19,20,24). The number of aliphatic hydroxyl groups is 1. The lowest BCUT2D eigenvalue weighted by Gasteiger charge is -2.29. The van der Waals surface area contributed by atoms with Crippen molar-refractivity contribution < 1.29 is 9.90 Å². The zero-order valence-corrected chi connectivity index (χ0v) is 14.3. The Balaban J connectivity index is 1.92. The van der Waals surface area contributed by atoms with Crippen molar-refractivity contribution in [2.75, 3.05) is 6.61 Å². The highest BCUT2D eigenvalue weighted by Crippen LogP contribution is 2.14. The van der Waals surface area contributed by atoms with Crippen molar-refractivity contribution in [3.8, 4) is 0 Å². The summed E-state index contributed by atoms with van der Waals surface area (Å²) in [5, 5.41) is 12.6. The number of amides is 1. The number of benzene rings is 1. The summed E-state index contributed by atoms with van der Waals surface area (Å²) in [6.07, 6.45) is 2.80. The molecular weight excluding hydrogens is 306 g/mol. The molecule has 3 N–H and O–H groups in total. The first kappa shape index (κ1) is 18.1. The molecule has 1 heterocycles. The van der Waals surface area contributed by atoms with E-state index < -0.39 is 0 Å². The van der Waals surface area contributed by atoms with E-state index in [1.165, 1.54) is 0 Å². The molecule has 0 fully saturated rings. The van der Waals surface area contributed by atoms with Gasteiger partial charge in [-0.05, 0) is 38.3 Å². The van der Waals surface area contributed by atoms with E-state index >= 15 is 0 Å². The summed E-state index contributed by atoms with van der Waals surface area (Å²) in [7, 11) is 0. The van der Waals surface area contributed by atoms with Crippen LogP contribution in [0.1, 0.15) is 45.4 Å². The second-order valence-corrected chi connectivity index (χ2v) is 6.32. The maximum atomic E-state index is 12.1. The molecular formula is C18H25N3O3. The predicted octanol–water partition coefficient (Wildman–Crippen LogP) is 1.91. The van der Waals surface area contributed by atoms with Crippen LogP contribution in [0.4, 0.5) is 0 Å². The van der Waals surface area contributed by atoms with Crippen LogP contribution in [0.2, 0.25) is 0 Å². The Hall–Kier alpha value is -2.21. The zero-order chi connectivity index (χ0) is 17.6. The fraction of sp³-hybridized carbons (Fsp3) is 0.500. The van der Waals surface area contributed by atoms with Gasteiger partial charge in [-0.1, -0.05) is 19.1 Å². The third-order valence-electron chi connectivity index (χ3n) is 4.36. The van der Waals surface area contributed by atoms with Gasteiger partial charge in [-0.2, -0.15) is 0 Å². The molecule has 24 heavy (non-hydrogen) atoms. The molecule has 1 amide bonds. The fourth-order valence-corrected chi connectivity index (χ4v) is 2.64. The van der Waals surface area contributed by atoms with Crippen molar-refractivity contribution in [2.45, 2.75) is 51.5 Å². The van der Waals surface area contributed by atoms with E-state index in [2.05, 4.69) is 15.3 Å². The number of hydrogen-bond donors (Lipinski definition) is 3. The number of para-hydroxylation sites is 1. The van der Waals surface area contributed by atoms with Crippen LogP contribution >= 0.6 is 0 Å². The van der Waals surface area contributed by atoms with Crippen LogP contribution in [0.15, 0.2) is 29.1 Å². The van der Waals surface area contributed by atoms with E-state index in [1.54, 1.807) is 12.1 Å². The third kappa shape index (κ3) is 4.64. The number of aliphatic hydroxyl groups excluding tert-OH is 1. The molecule has 0 spiro atoms. The van der Waals surface area contributed by atoms with Crippen LogP contribution in [0.25, 0.3) is 10.9 Å². The Morgan fingerprint density at radius 1 is 1.38 bits per heavy atom. The van der Waals surface area contributed by atoms with Gasteiger partial charge in [0, 0.05) is 25.0 Å². The number of H-pyrrole nitrogens is 1. The van der Waals surface area contributed by atoms with Crippen molar-refractivity contribution in [3.05, 3.63) is 40.4 Å². The third-order valence-corrected chi connectivity index (χ3v) is 4.36. The first-order valence-corrected chi connectivity index (χ1v) is 8.37. The minimum Gasteiger partial charge on any atom is -0.396 e. The van der Waals surface area contributed by atoms with Gasteiger partial charge in [0.25, 0.3) is 5.56 Å². The minimum absolute atomic E-state index is 0.0454. The van der Waals surface area contributed by atoms with Gasteiger partial charge in [0.1, 0.15) is 5.82 Å². The second kappa shape index (κ2) is 8.06. The molecule has 0 aliphatic carbocycles. The van der Waals surface area contributed by atoms with Crippen molar-refractivity contribution in [1.29, 1.82) is 0 Å². The van der Waals surface area contributed by atoms with E-state index in [9.17, 15) is 9.59 Å². The number of fused-ring (bicyclic) bond motifs is 1. The molecule has 0 radical (unpaired) electrons. The average molecular weight is 331 g/mol. The molecule has 6 nitrogen and oxygen atoms in total. The largest absolute Gasteiger partial charge is 0.396 e. The molecule has 1 aromatic heterocycles. The zero-order valence-electron chi connectivity index (χ0n) is 14.3. The highest BCUT2D eigenvalue weighted by Gasteiger charge is 2.23. The lowest BCUT2D eigenvalue weighted by atomic mass is 9.94. The van der Waals surface area contributed by atoms with Gasteiger partial charge < -0.3 is 15.4 Å². The van der Waals surface area contributed by atoms with Crippen molar-refractivity contribution >= 4 is 16.8 Å². The van der Waals surface area contributed by atoms with E-state index in [1.807, 2.05) is 26.0 Å². The van der Waals surface area contributed by atoms with Crippen LogP contribution in [0.5, 0.6) is 0 Å². The lowest BCUT2D eigenvalue weighted by Crippen LogP contribution is -2.46. The molecule has 0 aliphatic rings. The maximum absolute atomic E-state index is 12.1. The highest BCUT2D eigenvalue weighted by molar-refractivity contribution is 5.77. The number of hydrogen-bond acceptors (Lipinski definition) is 4. The molecule has 1 atom stereocenters. The van der Waals surface area contributed by atoms with Gasteiger partial charge in [-0.3, -0.25) is 9.59 Å². The number of aryl methyl sites for hydroxylation is 1. The molecule has 0 aliphatic heterocycles. The Bertz CT molecular complexity index is 757. The summed E-state index contributed by atoms with van der Waals surface area (Å²) in [6.45, 7) is 3.97. The van der Waals surface area contributed by atoms with Crippen LogP contribution in [-0.2, 0) is 11.2 Å². The summed E-state index contributed by atoms with van der Waals surface area (Å²) < 4.78 is 0. The highest BCUT2D eigenvalue weighted by atomic mass is 16.3. The van der Waals surface area contributed by atoms with E-state index in [4.69, 9.17) is 5.11 Å². The van der Waals surface area contributed by atoms with Gasteiger partial charge in [-0.15, -0.1) is 0 Å². The van der Waals surface area contributed by atoms with Crippen molar-refractivity contribution in [2.24, 2.45) is 0 Å². The van der Waals surface area contributed by atoms with E-state index in [-0.39, 0.29) is 23.6 Å². The van der Waals surface area contributed by atoms with Gasteiger partial charge in [0.2, 0.25) is 5.91 Å². The Kier molecular flexibility index (Phi) is 6.09. The average Bonchev–Trinajstić information content (AvgIpc) is 2.55. The molecule has 2 rings (SSSR count). The smallest absolute Gasteiger partial charge is 0.258 e. The van der Waals surface area contributed by atoms with Gasteiger partial charge >= 0.3 is 0 Å². The number of nitrogens with one attached hydrogen (secondary N) is 2. The molecule has 0 saturated carbocycles. The topological polar surface area (TPSA) is 95.1 Å². The summed E-state index contributed by atoms with van der Waals surface area (Å²) in [5.74, 6) is 0.552. The predicted molar refractivity (Wildman–Crippen MR) is 93.8 cm³/mol. The van der Waals surface area contributed by atoms with Crippen LogP contribution in [0.3, 0.4) is 0 Å². The second-order valence-electron chi connectivity index (χ2n) is 6.32. The lowest BCUT2D eigenvalue weighted by molar-refractivity contribution is -0.123. The van der Waals surface area contributed by atoms with Gasteiger partial charge in [0.15, 0.2) is 0 Å². The monoisotopic (exact) mass is 331 g/mol. The molecule has 130 valence electrons.